The quantitative estimate of drug-likeness (QED) is 0.773. The SMILES string of the molecule is CCOc1ccc(S(=O)(=O)N2CCC(N3C(=O)CNC3=O)C2)cc1C. The van der Waals surface area contributed by atoms with Gasteiger partial charge in [-0.05, 0) is 44.0 Å². The van der Waals surface area contributed by atoms with E-state index in [0.29, 0.717) is 18.8 Å². The number of hydrogen-bond acceptors (Lipinski definition) is 5. The van der Waals surface area contributed by atoms with Gasteiger partial charge in [-0.25, -0.2) is 13.2 Å². The zero-order valence-electron chi connectivity index (χ0n) is 14.2. The third-order valence-corrected chi connectivity index (χ3v) is 6.31. The molecule has 136 valence electrons. The van der Waals surface area contributed by atoms with Gasteiger partial charge in [0.1, 0.15) is 5.75 Å². The van der Waals surface area contributed by atoms with Gasteiger partial charge in [0.2, 0.25) is 15.9 Å². The second kappa shape index (κ2) is 6.64. The van der Waals surface area contributed by atoms with Gasteiger partial charge in [0.15, 0.2) is 0 Å². The molecule has 1 unspecified atom stereocenters. The van der Waals surface area contributed by atoms with Gasteiger partial charge < -0.3 is 10.1 Å². The molecule has 1 aromatic carbocycles. The van der Waals surface area contributed by atoms with Gasteiger partial charge in [-0.15, -0.1) is 0 Å². The number of sulfonamides is 1. The molecule has 0 aromatic heterocycles. The average Bonchev–Trinajstić information content (AvgIpc) is 3.16. The van der Waals surface area contributed by atoms with Crippen molar-refractivity contribution in [3.05, 3.63) is 23.8 Å². The fourth-order valence-corrected chi connectivity index (χ4v) is 4.77. The van der Waals surface area contributed by atoms with Crippen molar-refractivity contribution in [1.82, 2.24) is 14.5 Å². The van der Waals surface area contributed by atoms with E-state index in [1.54, 1.807) is 19.1 Å². The number of ether oxygens (including phenoxy) is 1. The van der Waals surface area contributed by atoms with Gasteiger partial charge in [0.05, 0.1) is 24.1 Å². The Kier molecular flexibility index (Phi) is 4.70. The van der Waals surface area contributed by atoms with Crippen LogP contribution >= 0.6 is 0 Å². The van der Waals surface area contributed by atoms with E-state index in [9.17, 15) is 18.0 Å². The minimum atomic E-state index is -3.68. The van der Waals surface area contributed by atoms with Crippen LogP contribution in [0.1, 0.15) is 18.9 Å². The van der Waals surface area contributed by atoms with Crippen LogP contribution in [-0.2, 0) is 14.8 Å². The molecule has 3 rings (SSSR count). The van der Waals surface area contributed by atoms with Crippen LogP contribution in [0.3, 0.4) is 0 Å². The monoisotopic (exact) mass is 367 g/mol. The maximum Gasteiger partial charge on any atom is 0.324 e. The molecule has 0 bridgehead atoms. The number of hydrogen-bond donors (Lipinski definition) is 1. The summed E-state index contributed by atoms with van der Waals surface area (Å²) in [4.78, 5) is 24.9. The van der Waals surface area contributed by atoms with Gasteiger partial charge in [0, 0.05) is 13.1 Å². The highest BCUT2D eigenvalue weighted by molar-refractivity contribution is 7.89. The zero-order chi connectivity index (χ0) is 18.2. The largest absolute Gasteiger partial charge is 0.494 e. The Morgan fingerprint density at radius 1 is 1.32 bits per heavy atom. The third-order valence-electron chi connectivity index (χ3n) is 4.45. The molecule has 0 saturated carbocycles. The molecule has 8 nitrogen and oxygen atoms in total. The van der Waals surface area contributed by atoms with E-state index in [-0.39, 0.29) is 30.4 Å². The first kappa shape index (κ1) is 17.7. The van der Waals surface area contributed by atoms with Crippen LogP contribution in [0.5, 0.6) is 5.75 Å². The predicted octanol–water partition coefficient (Wildman–Crippen LogP) is 0.709. The van der Waals surface area contributed by atoms with E-state index in [1.165, 1.54) is 10.4 Å². The van der Waals surface area contributed by atoms with Gasteiger partial charge in [-0.2, -0.15) is 4.31 Å². The van der Waals surface area contributed by atoms with Crippen LogP contribution in [-0.4, -0.2) is 61.8 Å². The number of nitrogens with zero attached hydrogens (tertiary/aromatic N) is 2. The highest BCUT2D eigenvalue weighted by Crippen LogP contribution is 2.28. The lowest BCUT2D eigenvalue weighted by Gasteiger charge is -2.21. The number of rotatable bonds is 5. The minimum Gasteiger partial charge on any atom is -0.494 e. The van der Waals surface area contributed by atoms with Gasteiger partial charge in [-0.1, -0.05) is 0 Å². The molecule has 3 amide bonds. The Balaban J connectivity index is 1.78. The fourth-order valence-electron chi connectivity index (χ4n) is 3.19. The third kappa shape index (κ3) is 3.21. The lowest BCUT2D eigenvalue weighted by atomic mass is 10.2. The average molecular weight is 367 g/mol. The van der Waals surface area contributed by atoms with Crippen LogP contribution in [0.2, 0.25) is 0 Å². The summed E-state index contributed by atoms with van der Waals surface area (Å²) in [6.07, 6.45) is 0.439. The molecular weight excluding hydrogens is 346 g/mol. The number of carbonyl (C=O) groups is 2. The van der Waals surface area contributed by atoms with Gasteiger partial charge >= 0.3 is 6.03 Å². The summed E-state index contributed by atoms with van der Waals surface area (Å²) in [5.41, 5.74) is 0.743. The molecule has 25 heavy (non-hydrogen) atoms. The number of imide groups is 1. The van der Waals surface area contributed by atoms with Crippen molar-refractivity contribution >= 4 is 22.0 Å². The van der Waals surface area contributed by atoms with Crippen molar-refractivity contribution in [2.75, 3.05) is 26.2 Å². The van der Waals surface area contributed by atoms with Crippen LogP contribution in [0.25, 0.3) is 0 Å². The molecule has 2 aliphatic heterocycles. The van der Waals surface area contributed by atoms with Crippen molar-refractivity contribution in [1.29, 1.82) is 0 Å². The standard InChI is InChI=1S/C16H21N3O5S/c1-3-24-14-5-4-13(8-11(14)2)25(22,23)18-7-6-12(10-18)19-15(20)9-17-16(19)21/h4-5,8,12H,3,6-7,9-10H2,1-2H3,(H,17,21). The smallest absolute Gasteiger partial charge is 0.324 e. The Hall–Kier alpha value is -2.13. The van der Waals surface area contributed by atoms with E-state index in [2.05, 4.69) is 5.32 Å². The first-order valence-corrected chi connectivity index (χ1v) is 9.62. The first-order valence-electron chi connectivity index (χ1n) is 8.18. The zero-order valence-corrected chi connectivity index (χ0v) is 15.0. The molecule has 2 fully saturated rings. The Labute approximate surface area is 146 Å². The summed E-state index contributed by atoms with van der Waals surface area (Å²) < 4.78 is 32.5. The number of nitrogens with one attached hydrogen (secondary N) is 1. The van der Waals surface area contributed by atoms with E-state index >= 15 is 0 Å². The van der Waals surface area contributed by atoms with Gasteiger partial charge in [0.25, 0.3) is 0 Å². The molecule has 0 radical (unpaired) electrons. The summed E-state index contributed by atoms with van der Waals surface area (Å²) in [6.45, 7) is 4.53. The van der Waals surface area contributed by atoms with Crippen LogP contribution < -0.4 is 10.1 Å². The topological polar surface area (TPSA) is 96.0 Å². The highest BCUT2D eigenvalue weighted by Gasteiger charge is 2.41. The summed E-state index contributed by atoms with van der Waals surface area (Å²) in [6, 6.07) is 3.88. The van der Waals surface area contributed by atoms with Crippen molar-refractivity contribution in [2.24, 2.45) is 0 Å². The van der Waals surface area contributed by atoms with E-state index in [4.69, 9.17) is 4.74 Å². The number of carbonyl (C=O) groups excluding carboxylic acids is 2. The van der Waals surface area contributed by atoms with Crippen LogP contribution in [0.15, 0.2) is 23.1 Å². The van der Waals surface area contributed by atoms with Crippen LogP contribution in [0, 0.1) is 6.92 Å². The normalized spacial score (nSPS) is 21.7. The molecular formula is C16H21N3O5S. The maximum absolute atomic E-state index is 12.9. The Morgan fingerprint density at radius 2 is 2.08 bits per heavy atom. The second-order valence-electron chi connectivity index (χ2n) is 6.09. The summed E-state index contributed by atoms with van der Waals surface area (Å²) in [7, 11) is -3.68. The molecule has 2 aliphatic rings. The molecule has 1 atom stereocenters. The molecule has 0 spiro atoms. The van der Waals surface area contributed by atoms with Crippen LogP contribution in [0.4, 0.5) is 4.79 Å². The van der Waals surface area contributed by atoms with Crippen molar-refractivity contribution in [3.63, 3.8) is 0 Å². The predicted molar refractivity (Wildman–Crippen MR) is 89.8 cm³/mol. The van der Waals surface area contributed by atoms with Crippen molar-refractivity contribution in [2.45, 2.75) is 31.2 Å². The fraction of sp³-hybridized carbons (Fsp3) is 0.500. The second-order valence-corrected chi connectivity index (χ2v) is 8.03. The lowest BCUT2D eigenvalue weighted by molar-refractivity contribution is -0.126. The minimum absolute atomic E-state index is 0.0276. The Morgan fingerprint density at radius 3 is 2.68 bits per heavy atom. The number of benzene rings is 1. The molecule has 1 N–H and O–H groups in total. The maximum atomic E-state index is 12.9. The number of amides is 3. The molecule has 2 saturated heterocycles. The van der Waals surface area contributed by atoms with Crippen molar-refractivity contribution < 1.29 is 22.7 Å². The number of urea groups is 1. The van der Waals surface area contributed by atoms with Gasteiger partial charge in [-0.3, -0.25) is 9.69 Å². The van der Waals surface area contributed by atoms with Crippen molar-refractivity contribution in [3.8, 4) is 5.75 Å². The summed E-state index contributed by atoms with van der Waals surface area (Å²) >= 11 is 0. The first-order chi connectivity index (χ1) is 11.8. The lowest BCUT2D eigenvalue weighted by Crippen LogP contribution is -2.42. The molecule has 0 aliphatic carbocycles. The van der Waals surface area contributed by atoms with E-state index in [0.717, 1.165) is 10.5 Å². The molecule has 9 heteroatoms. The Bertz CT molecular complexity index is 792. The molecule has 2 heterocycles. The summed E-state index contributed by atoms with van der Waals surface area (Å²) in [5.74, 6) is 0.339. The van der Waals surface area contributed by atoms with E-state index < -0.39 is 22.1 Å². The summed E-state index contributed by atoms with van der Waals surface area (Å²) in [5, 5.41) is 2.46. The number of aryl methyl sites for hydroxylation is 1. The van der Waals surface area contributed by atoms with E-state index in [1.807, 2.05) is 6.92 Å². The molecule has 1 aromatic rings. The highest BCUT2D eigenvalue weighted by atomic mass is 32.2.